The zero-order chi connectivity index (χ0) is 11.1. The van der Waals surface area contributed by atoms with Gasteiger partial charge in [-0.05, 0) is 30.7 Å². The quantitative estimate of drug-likeness (QED) is 0.700. The highest BCUT2D eigenvalue weighted by Crippen LogP contribution is 2.08. The Labute approximate surface area is 90.9 Å². The van der Waals surface area contributed by atoms with Crippen LogP contribution in [-0.2, 0) is 6.54 Å². The lowest BCUT2D eigenvalue weighted by atomic mass is 10.1. The van der Waals surface area contributed by atoms with Crippen molar-refractivity contribution in [3.05, 3.63) is 35.1 Å². The highest BCUT2D eigenvalue weighted by Gasteiger charge is 1.98. The van der Waals surface area contributed by atoms with Crippen LogP contribution >= 0.6 is 0 Å². The van der Waals surface area contributed by atoms with Crippen molar-refractivity contribution in [2.45, 2.75) is 20.4 Å². The first kappa shape index (κ1) is 12.1. The Balaban J connectivity index is 2.28. The molecule has 2 nitrogen and oxygen atoms in total. The average molecular weight is 210 g/mol. The third kappa shape index (κ3) is 4.40. The first-order chi connectivity index (χ1) is 7.24. The number of nitrogens with one attached hydrogen (secondary N) is 2. The number of benzene rings is 1. The Bertz CT molecular complexity index is 300. The number of hydrogen-bond acceptors (Lipinski definition) is 2. The van der Waals surface area contributed by atoms with Crippen molar-refractivity contribution in [1.29, 1.82) is 0 Å². The van der Waals surface area contributed by atoms with Gasteiger partial charge in [0.15, 0.2) is 0 Å². The zero-order valence-electron chi connectivity index (χ0n) is 9.44. The monoisotopic (exact) mass is 210 g/mol. The van der Waals surface area contributed by atoms with Crippen LogP contribution < -0.4 is 10.6 Å². The molecule has 0 saturated heterocycles. The normalized spacial score (nSPS) is 10.6. The highest BCUT2D eigenvalue weighted by atomic mass is 19.1. The van der Waals surface area contributed by atoms with Gasteiger partial charge in [0.2, 0.25) is 0 Å². The van der Waals surface area contributed by atoms with Gasteiger partial charge in [-0.1, -0.05) is 19.1 Å². The molecule has 0 aliphatic carbocycles. The summed E-state index contributed by atoms with van der Waals surface area (Å²) >= 11 is 0. The predicted octanol–water partition coefficient (Wildman–Crippen LogP) is 1.83. The molecule has 1 aromatic carbocycles. The highest BCUT2D eigenvalue weighted by molar-refractivity contribution is 5.23. The number of rotatable bonds is 6. The molecule has 1 aromatic rings. The van der Waals surface area contributed by atoms with Gasteiger partial charge in [0.1, 0.15) is 5.82 Å². The van der Waals surface area contributed by atoms with E-state index in [1.54, 1.807) is 6.92 Å². The van der Waals surface area contributed by atoms with E-state index in [1.807, 2.05) is 12.1 Å². The summed E-state index contributed by atoms with van der Waals surface area (Å²) in [5.41, 5.74) is 1.84. The van der Waals surface area contributed by atoms with Crippen LogP contribution in [0.2, 0.25) is 0 Å². The smallest absolute Gasteiger partial charge is 0.126 e. The van der Waals surface area contributed by atoms with Gasteiger partial charge >= 0.3 is 0 Å². The van der Waals surface area contributed by atoms with E-state index in [-0.39, 0.29) is 5.82 Å². The lowest BCUT2D eigenvalue weighted by Crippen LogP contribution is -2.26. The maximum atomic E-state index is 13.0. The molecule has 1 rings (SSSR count). The summed E-state index contributed by atoms with van der Waals surface area (Å²) in [5, 5.41) is 6.53. The molecule has 84 valence electrons. The first-order valence-electron chi connectivity index (χ1n) is 5.40. The van der Waals surface area contributed by atoms with Crippen LogP contribution in [0.1, 0.15) is 18.1 Å². The molecule has 0 saturated carbocycles. The third-order valence-corrected chi connectivity index (χ3v) is 2.28. The van der Waals surface area contributed by atoms with Crippen LogP contribution in [0.4, 0.5) is 4.39 Å². The van der Waals surface area contributed by atoms with Gasteiger partial charge in [-0.25, -0.2) is 4.39 Å². The summed E-state index contributed by atoms with van der Waals surface area (Å²) < 4.78 is 13.0. The van der Waals surface area contributed by atoms with Gasteiger partial charge in [0.05, 0.1) is 0 Å². The molecule has 3 heteroatoms. The van der Waals surface area contributed by atoms with E-state index in [4.69, 9.17) is 0 Å². The van der Waals surface area contributed by atoms with Crippen molar-refractivity contribution >= 4 is 0 Å². The van der Waals surface area contributed by atoms with E-state index in [2.05, 4.69) is 17.6 Å². The lowest BCUT2D eigenvalue weighted by Gasteiger charge is -2.06. The van der Waals surface area contributed by atoms with Gasteiger partial charge in [-0.3, -0.25) is 0 Å². The molecule has 0 bridgehead atoms. The Morgan fingerprint density at radius 3 is 2.60 bits per heavy atom. The fraction of sp³-hybridized carbons (Fsp3) is 0.500. The van der Waals surface area contributed by atoms with Crippen LogP contribution in [0.15, 0.2) is 18.2 Å². The van der Waals surface area contributed by atoms with E-state index in [9.17, 15) is 4.39 Å². The van der Waals surface area contributed by atoms with E-state index < -0.39 is 0 Å². The lowest BCUT2D eigenvalue weighted by molar-refractivity contribution is 0.610. The molecule has 0 heterocycles. The summed E-state index contributed by atoms with van der Waals surface area (Å²) in [5.74, 6) is -0.133. The van der Waals surface area contributed by atoms with Crippen LogP contribution in [-0.4, -0.2) is 19.6 Å². The first-order valence-corrected chi connectivity index (χ1v) is 5.40. The molecule has 0 unspecified atom stereocenters. The van der Waals surface area contributed by atoms with Gasteiger partial charge in [-0.15, -0.1) is 0 Å². The number of halogens is 1. The van der Waals surface area contributed by atoms with E-state index in [1.165, 1.54) is 6.07 Å². The molecule has 0 amide bonds. The second-order valence-electron chi connectivity index (χ2n) is 3.61. The van der Waals surface area contributed by atoms with Gasteiger partial charge < -0.3 is 10.6 Å². The Hall–Kier alpha value is -0.930. The van der Waals surface area contributed by atoms with Crippen molar-refractivity contribution < 1.29 is 4.39 Å². The standard InChI is InChI=1S/C12H19FN2/c1-3-14-6-7-15-9-11-4-5-12(13)10(2)8-11/h4-5,8,14-15H,3,6-7,9H2,1-2H3. The molecule has 0 aromatic heterocycles. The van der Waals surface area contributed by atoms with Crippen LogP contribution in [0, 0.1) is 12.7 Å². The topological polar surface area (TPSA) is 24.1 Å². The predicted molar refractivity (Wildman–Crippen MR) is 61.4 cm³/mol. The number of likely N-dealkylation sites (N-methyl/N-ethyl adjacent to an activating group) is 1. The van der Waals surface area contributed by atoms with Gasteiger partial charge in [0, 0.05) is 19.6 Å². The third-order valence-electron chi connectivity index (χ3n) is 2.28. The molecule has 0 atom stereocenters. The van der Waals surface area contributed by atoms with Crippen LogP contribution in [0.3, 0.4) is 0 Å². The SMILES string of the molecule is CCNCCNCc1ccc(F)c(C)c1. The van der Waals surface area contributed by atoms with E-state index >= 15 is 0 Å². The van der Waals surface area contributed by atoms with E-state index in [0.29, 0.717) is 5.56 Å². The van der Waals surface area contributed by atoms with Crippen molar-refractivity contribution in [2.75, 3.05) is 19.6 Å². The van der Waals surface area contributed by atoms with Crippen LogP contribution in [0.25, 0.3) is 0 Å². The second kappa shape index (κ2) is 6.53. The zero-order valence-corrected chi connectivity index (χ0v) is 9.44. The van der Waals surface area contributed by atoms with Crippen molar-refractivity contribution in [1.82, 2.24) is 10.6 Å². The van der Waals surface area contributed by atoms with Crippen LogP contribution in [0.5, 0.6) is 0 Å². The molecule has 0 aliphatic rings. The number of hydrogen-bond donors (Lipinski definition) is 2. The molecule has 0 aliphatic heterocycles. The summed E-state index contributed by atoms with van der Waals surface area (Å²) in [7, 11) is 0. The maximum absolute atomic E-state index is 13.0. The second-order valence-corrected chi connectivity index (χ2v) is 3.61. The largest absolute Gasteiger partial charge is 0.316 e. The van der Waals surface area contributed by atoms with E-state index in [0.717, 1.165) is 31.7 Å². The fourth-order valence-corrected chi connectivity index (χ4v) is 1.40. The Kier molecular flexibility index (Phi) is 5.29. The van der Waals surface area contributed by atoms with Crippen molar-refractivity contribution in [3.8, 4) is 0 Å². The van der Waals surface area contributed by atoms with Crippen molar-refractivity contribution in [2.24, 2.45) is 0 Å². The van der Waals surface area contributed by atoms with Crippen molar-refractivity contribution in [3.63, 3.8) is 0 Å². The molecule has 2 N–H and O–H groups in total. The van der Waals surface area contributed by atoms with Gasteiger partial charge in [-0.2, -0.15) is 0 Å². The summed E-state index contributed by atoms with van der Waals surface area (Å²) in [4.78, 5) is 0. The molecule has 15 heavy (non-hydrogen) atoms. The molecular weight excluding hydrogens is 191 g/mol. The Morgan fingerprint density at radius 2 is 1.93 bits per heavy atom. The maximum Gasteiger partial charge on any atom is 0.126 e. The van der Waals surface area contributed by atoms with Gasteiger partial charge in [0.25, 0.3) is 0 Å². The summed E-state index contributed by atoms with van der Waals surface area (Å²) in [6.45, 7) is 7.57. The fourth-order valence-electron chi connectivity index (χ4n) is 1.40. The summed E-state index contributed by atoms with van der Waals surface area (Å²) in [6, 6.07) is 5.23. The Morgan fingerprint density at radius 1 is 1.20 bits per heavy atom. The summed E-state index contributed by atoms with van der Waals surface area (Å²) in [6.07, 6.45) is 0. The molecule has 0 radical (unpaired) electrons. The minimum Gasteiger partial charge on any atom is -0.316 e. The average Bonchev–Trinajstić information content (AvgIpc) is 2.23. The molecule has 0 fully saturated rings. The number of aryl methyl sites for hydroxylation is 1. The minimum atomic E-state index is -0.133. The minimum absolute atomic E-state index is 0.133. The molecular formula is C12H19FN2. The molecule has 0 spiro atoms.